The van der Waals surface area contributed by atoms with Crippen LogP contribution in [0.5, 0.6) is 0 Å². The summed E-state index contributed by atoms with van der Waals surface area (Å²) in [6.07, 6.45) is 1.86. The molecule has 1 saturated heterocycles. The molecule has 3 aliphatic rings. The van der Waals surface area contributed by atoms with Crippen LogP contribution in [-0.2, 0) is 14.4 Å². The molecule has 31 heavy (non-hydrogen) atoms. The maximum absolute atomic E-state index is 13.2. The second kappa shape index (κ2) is 7.75. The smallest absolute Gasteiger partial charge is 0.244 e. The molecular weight excluding hydrogens is 480 g/mol. The summed E-state index contributed by atoms with van der Waals surface area (Å²) < 4.78 is 0.742. The zero-order chi connectivity index (χ0) is 21.9. The Morgan fingerprint density at radius 2 is 1.84 bits per heavy atom. The van der Waals surface area contributed by atoms with E-state index in [1.54, 1.807) is 6.07 Å². The second-order valence-electron chi connectivity index (χ2n) is 8.86. The lowest BCUT2D eigenvalue weighted by molar-refractivity contribution is -0.143. The van der Waals surface area contributed by atoms with Crippen LogP contribution in [0.3, 0.4) is 0 Å². The lowest BCUT2D eigenvalue weighted by Gasteiger charge is -2.28. The fourth-order valence-corrected chi connectivity index (χ4v) is 6.50. The molecule has 2 saturated carbocycles. The van der Waals surface area contributed by atoms with Gasteiger partial charge in [0.25, 0.3) is 0 Å². The highest BCUT2D eigenvalue weighted by Gasteiger charge is 2.63. The molecule has 1 N–H and O–H groups in total. The number of imide groups is 1. The highest BCUT2D eigenvalue weighted by Crippen LogP contribution is 2.61. The Kier molecular flexibility index (Phi) is 5.18. The molecular formula is C24H22BrClN2O3. The van der Waals surface area contributed by atoms with Crippen molar-refractivity contribution >= 4 is 50.9 Å². The average molecular weight is 502 g/mol. The van der Waals surface area contributed by atoms with Crippen LogP contribution < -0.4 is 5.32 Å². The van der Waals surface area contributed by atoms with Gasteiger partial charge < -0.3 is 5.32 Å². The molecule has 0 spiro atoms. The van der Waals surface area contributed by atoms with Gasteiger partial charge >= 0.3 is 0 Å². The summed E-state index contributed by atoms with van der Waals surface area (Å²) in [6.45, 7) is 1.60. The molecule has 5 rings (SSSR count). The number of halogens is 2. The topological polar surface area (TPSA) is 66.5 Å². The molecule has 3 amide bonds. The summed E-state index contributed by atoms with van der Waals surface area (Å²) in [6, 6.07) is 13.7. The van der Waals surface area contributed by atoms with E-state index in [0.29, 0.717) is 16.6 Å². The molecule has 2 aliphatic carbocycles. The van der Waals surface area contributed by atoms with E-state index in [4.69, 9.17) is 11.6 Å². The predicted octanol–water partition coefficient (Wildman–Crippen LogP) is 4.77. The van der Waals surface area contributed by atoms with E-state index >= 15 is 0 Å². The van der Waals surface area contributed by atoms with Crippen LogP contribution in [0.15, 0.2) is 46.9 Å². The maximum Gasteiger partial charge on any atom is 0.244 e. The van der Waals surface area contributed by atoms with Crippen LogP contribution in [0, 0.1) is 30.6 Å². The van der Waals surface area contributed by atoms with Crippen molar-refractivity contribution in [1.29, 1.82) is 0 Å². The number of hydrogen-bond acceptors (Lipinski definition) is 3. The van der Waals surface area contributed by atoms with E-state index in [9.17, 15) is 14.4 Å². The van der Waals surface area contributed by atoms with Gasteiger partial charge in [0.1, 0.15) is 6.54 Å². The average Bonchev–Trinajstić information content (AvgIpc) is 3.40. The minimum Gasteiger partial charge on any atom is -0.324 e. The molecule has 3 fully saturated rings. The Bertz CT molecular complexity index is 1090. The van der Waals surface area contributed by atoms with Gasteiger partial charge in [-0.05, 0) is 76.7 Å². The fourth-order valence-electron chi connectivity index (χ4n) is 5.87. The summed E-state index contributed by atoms with van der Waals surface area (Å²) in [5, 5.41) is 3.27. The van der Waals surface area contributed by atoms with Gasteiger partial charge in [-0.2, -0.15) is 0 Å². The normalized spacial score (nSPS) is 28.9. The van der Waals surface area contributed by atoms with Crippen LogP contribution in [0.2, 0.25) is 5.02 Å². The number of hydrogen-bond donors (Lipinski definition) is 1. The molecule has 1 heterocycles. The van der Waals surface area contributed by atoms with Crippen molar-refractivity contribution in [2.75, 3.05) is 11.9 Å². The standard InChI is InChI=1S/C24H22BrClN2O3/c1-12-7-17(25)18(26)10-19(12)27-20(29)11-28-23(30)21-14-8-15(13-5-3-2-4-6-13)16(9-14)22(21)24(28)31/h2-7,10,14-16,21-22H,8-9,11H2,1H3,(H,27,29)/t14-,15+,16+,21+,22-/m1/s1. The minimum atomic E-state index is -0.393. The van der Waals surface area contributed by atoms with Gasteiger partial charge in [-0.25, -0.2) is 0 Å². The zero-order valence-corrected chi connectivity index (χ0v) is 19.3. The van der Waals surface area contributed by atoms with Crippen LogP contribution in [0.4, 0.5) is 5.69 Å². The quantitative estimate of drug-likeness (QED) is 0.614. The van der Waals surface area contributed by atoms with Crippen molar-refractivity contribution < 1.29 is 14.4 Å². The first-order chi connectivity index (χ1) is 14.8. The molecule has 0 aromatic heterocycles. The van der Waals surface area contributed by atoms with Crippen LogP contribution >= 0.6 is 27.5 Å². The summed E-state index contributed by atoms with van der Waals surface area (Å²) in [7, 11) is 0. The van der Waals surface area contributed by atoms with E-state index < -0.39 is 5.91 Å². The number of benzene rings is 2. The summed E-state index contributed by atoms with van der Waals surface area (Å²) in [4.78, 5) is 40.2. The van der Waals surface area contributed by atoms with Gasteiger partial charge in [0, 0.05) is 10.2 Å². The number of aryl methyl sites for hydroxylation is 1. The summed E-state index contributed by atoms with van der Waals surface area (Å²) in [5.74, 6) is -0.631. The third-order valence-electron chi connectivity index (χ3n) is 7.18. The first kappa shape index (κ1) is 20.7. The van der Waals surface area contributed by atoms with Crippen molar-refractivity contribution in [3.63, 3.8) is 0 Å². The van der Waals surface area contributed by atoms with Gasteiger partial charge in [0.2, 0.25) is 17.7 Å². The zero-order valence-electron chi connectivity index (χ0n) is 17.0. The summed E-state index contributed by atoms with van der Waals surface area (Å²) >= 11 is 9.49. The van der Waals surface area contributed by atoms with Crippen molar-refractivity contribution in [2.45, 2.75) is 25.7 Å². The molecule has 0 radical (unpaired) electrons. The number of carbonyl (C=O) groups excluding carboxylic acids is 3. The van der Waals surface area contributed by atoms with E-state index in [-0.39, 0.29) is 42.0 Å². The number of rotatable bonds is 4. The molecule has 1 aliphatic heterocycles. The van der Waals surface area contributed by atoms with Crippen molar-refractivity contribution in [3.05, 3.63) is 63.1 Å². The SMILES string of the molecule is Cc1cc(Br)c(Cl)cc1NC(=O)CN1C(=O)[C@@H]2[C@H]3C[C@@H](C[C@H]3c3ccccc3)[C@@H]2C1=O. The minimum absolute atomic E-state index is 0.175. The predicted molar refractivity (Wildman–Crippen MR) is 122 cm³/mol. The van der Waals surface area contributed by atoms with E-state index in [1.807, 2.05) is 31.2 Å². The van der Waals surface area contributed by atoms with E-state index in [2.05, 4.69) is 33.4 Å². The first-order valence-corrected chi connectivity index (χ1v) is 11.7. The monoisotopic (exact) mass is 500 g/mol. The largest absolute Gasteiger partial charge is 0.324 e. The maximum atomic E-state index is 13.2. The lowest BCUT2D eigenvalue weighted by atomic mass is 9.73. The summed E-state index contributed by atoms with van der Waals surface area (Å²) in [5.41, 5.74) is 2.65. The number of fused-ring (bicyclic) bond motifs is 5. The third kappa shape index (κ3) is 3.40. The van der Waals surface area contributed by atoms with E-state index in [1.165, 1.54) is 10.5 Å². The number of amides is 3. The molecule has 7 heteroatoms. The molecule has 5 atom stereocenters. The molecule has 160 valence electrons. The number of nitrogens with zero attached hydrogens (tertiary/aromatic N) is 1. The Hall–Kier alpha value is -2.18. The Balaban J connectivity index is 1.32. The lowest BCUT2D eigenvalue weighted by Crippen LogP contribution is -2.39. The van der Waals surface area contributed by atoms with Crippen molar-refractivity contribution in [3.8, 4) is 0 Å². The van der Waals surface area contributed by atoms with Gasteiger partial charge in [-0.3, -0.25) is 19.3 Å². The molecule has 2 aromatic carbocycles. The third-order valence-corrected chi connectivity index (χ3v) is 8.37. The highest BCUT2D eigenvalue weighted by molar-refractivity contribution is 9.10. The molecule has 2 aromatic rings. The van der Waals surface area contributed by atoms with Gasteiger partial charge in [0.15, 0.2) is 0 Å². The van der Waals surface area contributed by atoms with Gasteiger partial charge in [-0.15, -0.1) is 0 Å². The number of likely N-dealkylation sites (tertiary alicyclic amines) is 1. The Labute approximate surface area is 194 Å². The van der Waals surface area contributed by atoms with Crippen LogP contribution in [0.1, 0.15) is 29.9 Å². The number of nitrogens with one attached hydrogen (secondary N) is 1. The highest BCUT2D eigenvalue weighted by atomic mass is 79.9. The van der Waals surface area contributed by atoms with Crippen LogP contribution in [0.25, 0.3) is 0 Å². The van der Waals surface area contributed by atoms with Crippen molar-refractivity contribution in [2.24, 2.45) is 23.7 Å². The van der Waals surface area contributed by atoms with Gasteiger partial charge in [-0.1, -0.05) is 41.9 Å². The van der Waals surface area contributed by atoms with E-state index in [0.717, 1.165) is 22.9 Å². The fraction of sp³-hybridized carbons (Fsp3) is 0.375. The van der Waals surface area contributed by atoms with Crippen LogP contribution in [-0.4, -0.2) is 29.2 Å². The Morgan fingerprint density at radius 1 is 1.13 bits per heavy atom. The Morgan fingerprint density at radius 3 is 2.58 bits per heavy atom. The van der Waals surface area contributed by atoms with Crippen molar-refractivity contribution in [1.82, 2.24) is 4.90 Å². The molecule has 0 unspecified atom stereocenters. The first-order valence-electron chi connectivity index (χ1n) is 10.5. The number of carbonyl (C=O) groups is 3. The molecule has 2 bridgehead atoms. The number of anilines is 1. The molecule has 5 nitrogen and oxygen atoms in total. The second-order valence-corrected chi connectivity index (χ2v) is 10.1. The van der Waals surface area contributed by atoms with Gasteiger partial charge in [0.05, 0.1) is 16.9 Å².